The molecule has 1 aliphatic carbocycles. The van der Waals surface area contributed by atoms with Crippen LogP contribution in [0.5, 0.6) is 11.5 Å². The lowest BCUT2D eigenvalue weighted by molar-refractivity contribution is -0.137. The first-order chi connectivity index (χ1) is 14.7. The second kappa shape index (κ2) is 7.99. The lowest BCUT2D eigenvalue weighted by Crippen LogP contribution is -2.54. The van der Waals surface area contributed by atoms with Gasteiger partial charge in [0.15, 0.2) is 11.5 Å². The number of halogens is 1. The van der Waals surface area contributed by atoms with E-state index in [0.717, 1.165) is 61.7 Å². The van der Waals surface area contributed by atoms with Gasteiger partial charge in [-0.2, -0.15) is 0 Å². The summed E-state index contributed by atoms with van der Waals surface area (Å²) in [5.41, 5.74) is 0.618. The Morgan fingerprint density at radius 2 is 1.70 bits per heavy atom. The molecule has 2 aliphatic heterocycles. The average Bonchev–Trinajstić information content (AvgIpc) is 3.30. The van der Waals surface area contributed by atoms with Crippen molar-refractivity contribution in [3.63, 3.8) is 0 Å². The molecule has 1 aromatic carbocycles. The normalized spacial score (nSPS) is 20.3. The first-order valence-electron chi connectivity index (χ1n) is 10.7. The van der Waals surface area contributed by atoms with Crippen LogP contribution >= 0.6 is 11.6 Å². The van der Waals surface area contributed by atoms with Crippen molar-refractivity contribution >= 4 is 23.3 Å². The van der Waals surface area contributed by atoms with E-state index in [1.807, 2.05) is 29.2 Å². The van der Waals surface area contributed by atoms with Crippen molar-refractivity contribution in [3.8, 4) is 11.5 Å². The van der Waals surface area contributed by atoms with Gasteiger partial charge in [-0.15, -0.1) is 0 Å². The highest BCUT2D eigenvalue weighted by atomic mass is 35.5. The van der Waals surface area contributed by atoms with Crippen molar-refractivity contribution in [3.05, 3.63) is 47.1 Å². The molecule has 1 saturated carbocycles. The lowest BCUT2D eigenvalue weighted by atomic mass is 9.77. The van der Waals surface area contributed by atoms with E-state index >= 15 is 0 Å². The molecule has 0 unspecified atom stereocenters. The zero-order valence-corrected chi connectivity index (χ0v) is 17.7. The van der Waals surface area contributed by atoms with Gasteiger partial charge in [-0.1, -0.05) is 30.5 Å². The van der Waals surface area contributed by atoms with Gasteiger partial charge in [0.05, 0.1) is 10.4 Å². The van der Waals surface area contributed by atoms with E-state index < -0.39 is 5.41 Å². The van der Waals surface area contributed by atoms with Crippen LogP contribution in [0.1, 0.15) is 31.2 Å². The number of amides is 1. The summed E-state index contributed by atoms with van der Waals surface area (Å²) in [5.74, 6) is 2.69. The van der Waals surface area contributed by atoms with Crippen molar-refractivity contribution < 1.29 is 14.3 Å². The number of piperazine rings is 1. The van der Waals surface area contributed by atoms with Crippen LogP contribution in [0.3, 0.4) is 0 Å². The van der Waals surface area contributed by atoms with Crippen molar-refractivity contribution in [1.29, 1.82) is 0 Å². The molecule has 0 N–H and O–H groups in total. The Morgan fingerprint density at radius 1 is 0.967 bits per heavy atom. The zero-order valence-electron chi connectivity index (χ0n) is 17.0. The van der Waals surface area contributed by atoms with Gasteiger partial charge in [0.2, 0.25) is 5.91 Å². The fraction of sp³-hybridized carbons (Fsp3) is 0.478. The van der Waals surface area contributed by atoms with Gasteiger partial charge in [0.1, 0.15) is 19.0 Å². The second-order valence-electron chi connectivity index (χ2n) is 8.26. The number of anilines is 1. The Kier molecular flexibility index (Phi) is 5.19. The lowest BCUT2D eigenvalue weighted by Gasteiger charge is -2.40. The average molecular weight is 428 g/mol. The highest BCUT2D eigenvalue weighted by Gasteiger charge is 2.46. The fourth-order valence-electron chi connectivity index (χ4n) is 4.94. The quantitative estimate of drug-likeness (QED) is 0.748. The molecule has 3 aliphatic rings. The molecule has 1 aromatic heterocycles. The fourth-order valence-corrected chi connectivity index (χ4v) is 5.05. The molecule has 6 nitrogen and oxygen atoms in total. The monoisotopic (exact) mass is 427 g/mol. The van der Waals surface area contributed by atoms with Crippen molar-refractivity contribution in [2.75, 3.05) is 44.3 Å². The Hall–Kier alpha value is -2.47. The highest BCUT2D eigenvalue weighted by Crippen LogP contribution is 2.45. The Balaban J connectivity index is 1.34. The first kappa shape index (κ1) is 19.5. The van der Waals surface area contributed by atoms with Crippen LogP contribution in [0.4, 0.5) is 5.82 Å². The summed E-state index contributed by atoms with van der Waals surface area (Å²) < 4.78 is 11.5. The molecule has 5 rings (SSSR count). The molecule has 1 amide bonds. The summed E-state index contributed by atoms with van der Waals surface area (Å²) in [6.07, 6.45) is 5.61. The van der Waals surface area contributed by atoms with Crippen LogP contribution in [0.25, 0.3) is 0 Å². The van der Waals surface area contributed by atoms with Crippen molar-refractivity contribution in [2.24, 2.45) is 0 Å². The predicted molar refractivity (Wildman–Crippen MR) is 116 cm³/mol. The maximum Gasteiger partial charge on any atom is 0.233 e. The molecule has 1 saturated heterocycles. The van der Waals surface area contributed by atoms with Crippen LogP contribution in [0.2, 0.25) is 5.02 Å². The molecule has 7 heteroatoms. The molecule has 0 atom stereocenters. The van der Waals surface area contributed by atoms with Gasteiger partial charge in [-0.3, -0.25) is 4.79 Å². The van der Waals surface area contributed by atoms with Gasteiger partial charge in [0.25, 0.3) is 0 Å². The summed E-state index contributed by atoms with van der Waals surface area (Å²) in [4.78, 5) is 22.4. The van der Waals surface area contributed by atoms with Crippen molar-refractivity contribution in [2.45, 2.75) is 31.1 Å². The number of aromatic nitrogens is 1. The molecule has 0 spiro atoms. The Labute approximate surface area is 181 Å². The van der Waals surface area contributed by atoms with Gasteiger partial charge in [0, 0.05) is 32.4 Å². The Bertz CT molecular complexity index is 920. The van der Waals surface area contributed by atoms with E-state index in [9.17, 15) is 4.79 Å². The minimum atomic E-state index is -0.448. The molecule has 158 valence electrons. The topological polar surface area (TPSA) is 54.9 Å². The maximum atomic E-state index is 13.8. The van der Waals surface area contributed by atoms with Crippen LogP contribution in [-0.4, -0.2) is 55.2 Å². The number of rotatable bonds is 3. The van der Waals surface area contributed by atoms with Crippen molar-refractivity contribution in [1.82, 2.24) is 9.88 Å². The predicted octanol–water partition coefficient (Wildman–Crippen LogP) is 3.67. The van der Waals surface area contributed by atoms with E-state index in [4.69, 9.17) is 21.1 Å². The number of fused-ring (bicyclic) bond motifs is 1. The molecule has 3 heterocycles. The van der Waals surface area contributed by atoms with Crippen LogP contribution in [0, 0.1) is 0 Å². The minimum Gasteiger partial charge on any atom is -0.486 e. The number of pyridine rings is 1. The summed E-state index contributed by atoms with van der Waals surface area (Å²) in [5, 5.41) is 0.634. The third-order valence-electron chi connectivity index (χ3n) is 6.56. The zero-order chi connectivity index (χ0) is 20.6. The molecule has 2 aromatic rings. The largest absolute Gasteiger partial charge is 0.486 e. The summed E-state index contributed by atoms with van der Waals surface area (Å²) in [7, 11) is 0. The van der Waals surface area contributed by atoms with E-state index in [1.54, 1.807) is 6.20 Å². The number of nitrogens with zero attached hydrogens (tertiary/aromatic N) is 3. The highest BCUT2D eigenvalue weighted by molar-refractivity contribution is 6.30. The number of benzene rings is 1. The molecular weight excluding hydrogens is 402 g/mol. The summed E-state index contributed by atoms with van der Waals surface area (Å²) >= 11 is 5.96. The van der Waals surface area contributed by atoms with Gasteiger partial charge in [-0.25, -0.2) is 4.98 Å². The Morgan fingerprint density at radius 3 is 2.40 bits per heavy atom. The number of hydrogen-bond donors (Lipinski definition) is 0. The molecule has 0 radical (unpaired) electrons. The molecule has 0 bridgehead atoms. The molecule has 2 fully saturated rings. The van der Waals surface area contributed by atoms with Gasteiger partial charge in [-0.05, 0) is 42.7 Å². The maximum absolute atomic E-state index is 13.8. The van der Waals surface area contributed by atoms with Crippen LogP contribution in [-0.2, 0) is 10.2 Å². The number of carbonyl (C=O) groups is 1. The minimum absolute atomic E-state index is 0.250. The van der Waals surface area contributed by atoms with E-state index in [1.165, 1.54) is 0 Å². The second-order valence-corrected chi connectivity index (χ2v) is 8.70. The SMILES string of the molecule is O=C(N1CCN(c2ccc(Cl)cn2)CC1)C1(c2ccc3c(c2)OCCO3)CCCC1. The van der Waals surface area contributed by atoms with E-state index in [-0.39, 0.29) is 5.91 Å². The first-order valence-corrected chi connectivity index (χ1v) is 11.1. The third kappa shape index (κ3) is 3.47. The smallest absolute Gasteiger partial charge is 0.233 e. The van der Waals surface area contributed by atoms with E-state index in [2.05, 4.69) is 16.0 Å². The summed E-state index contributed by atoms with van der Waals surface area (Å²) in [6, 6.07) is 9.85. The standard InChI is InChI=1S/C23H26ClN3O3/c24-18-4-6-21(25-16-18)26-9-11-27(12-10-26)22(28)23(7-1-2-8-23)17-3-5-19-20(15-17)30-14-13-29-19/h3-6,15-16H,1-2,7-14H2. The third-order valence-corrected chi connectivity index (χ3v) is 6.79. The van der Waals surface area contributed by atoms with Gasteiger partial charge >= 0.3 is 0 Å². The number of carbonyl (C=O) groups excluding carboxylic acids is 1. The molecular formula is C23H26ClN3O3. The van der Waals surface area contributed by atoms with E-state index in [0.29, 0.717) is 31.3 Å². The van der Waals surface area contributed by atoms with Crippen LogP contribution < -0.4 is 14.4 Å². The molecule has 30 heavy (non-hydrogen) atoms. The summed E-state index contributed by atoms with van der Waals surface area (Å²) in [6.45, 7) is 4.08. The number of ether oxygens (including phenoxy) is 2. The number of hydrogen-bond acceptors (Lipinski definition) is 5. The van der Waals surface area contributed by atoms with Gasteiger partial charge < -0.3 is 19.3 Å². The van der Waals surface area contributed by atoms with Crippen LogP contribution in [0.15, 0.2) is 36.5 Å².